The molecular formula is C29H31F2N5O5. The summed E-state index contributed by atoms with van der Waals surface area (Å²) in [7, 11) is 1.26. The molecule has 2 aliphatic heterocycles. The number of amides is 3. The SMILES string of the molecule is COC(=O)Nc1ccc2c(c1)NC(=O)[C@H](C)CCC[C@H](N1CCC(c3c(F)ccc(C)c3F)OC1=O)c1nc-2c[nH]1. The molecule has 41 heavy (non-hydrogen) atoms. The minimum absolute atomic E-state index is 0.197. The maximum Gasteiger partial charge on any atom is 0.411 e. The quantitative estimate of drug-likeness (QED) is 0.345. The number of carbonyl (C=O) groups is 3. The summed E-state index contributed by atoms with van der Waals surface area (Å²) in [6.07, 6.45) is 1.12. The second-order valence-corrected chi connectivity index (χ2v) is 10.3. The highest BCUT2D eigenvalue weighted by molar-refractivity contribution is 5.98. The number of nitrogens with zero attached hydrogens (tertiary/aromatic N) is 2. The lowest BCUT2D eigenvalue weighted by Crippen LogP contribution is -2.42. The van der Waals surface area contributed by atoms with Gasteiger partial charge in [0.25, 0.3) is 0 Å². The smallest absolute Gasteiger partial charge is 0.411 e. The highest BCUT2D eigenvalue weighted by Gasteiger charge is 2.37. The first-order chi connectivity index (χ1) is 19.7. The molecule has 0 aliphatic carbocycles. The van der Waals surface area contributed by atoms with Gasteiger partial charge in [0, 0.05) is 36.3 Å². The number of nitrogens with one attached hydrogen (secondary N) is 3. The number of aryl methyl sites for hydroxylation is 1. The van der Waals surface area contributed by atoms with E-state index in [2.05, 4.69) is 20.4 Å². The van der Waals surface area contributed by atoms with Crippen molar-refractivity contribution in [3.63, 3.8) is 0 Å². The number of rotatable bonds is 3. The van der Waals surface area contributed by atoms with Gasteiger partial charge in [0.15, 0.2) is 0 Å². The Morgan fingerprint density at radius 3 is 2.73 bits per heavy atom. The Bertz CT molecular complexity index is 1490. The summed E-state index contributed by atoms with van der Waals surface area (Å²) in [6.45, 7) is 3.55. The van der Waals surface area contributed by atoms with E-state index in [4.69, 9.17) is 9.72 Å². The van der Waals surface area contributed by atoms with E-state index in [1.165, 1.54) is 31.1 Å². The zero-order valence-electron chi connectivity index (χ0n) is 22.9. The van der Waals surface area contributed by atoms with Crippen molar-refractivity contribution >= 4 is 29.5 Å². The minimum atomic E-state index is -1.04. The number of H-pyrrole nitrogens is 1. The topological polar surface area (TPSA) is 126 Å². The molecule has 5 rings (SSSR count). The number of carbonyl (C=O) groups excluding carboxylic acids is 3. The number of ether oxygens (including phenoxy) is 2. The molecule has 0 saturated carbocycles. The van der Waals surface area contributed by atoms with Gasteiger partial charge in [0.1, 0.15) is 23.6 Å². The molecule has 216 valence electrons. The molecule has 2 aliphatic rings. The maximum atomic E-state index is 14.8. The van der Waals surface area contributed by atoms with Gasteiger partial charge < -0.3 is 19.8 Å². The van der Waals surface area contributed by atoms with Crippen LogP contribution in [0.5, 0.6) is 0 Å². The van der Waals surface area contributed by atoms with Crippen LogP contribution < -0.4 is 10.6 Å². The van der Waals surface area contributed by atoms with Crippen LogP contribution in [0, 0.1) is 24.5 Å². The van der Waals surface area contributed by atoms with E-state index >= 15 is 0 Å². The molecule has 0 radical (unpaired) electrons. The van der Waals surface area contributed by atoms with Crippen LogP contribution in [0.25, 0.3) is 11.3 Å². The van der Waals surface area contributed by atoms with Gasteiger partial charge in [-0.25, -0.2) is 23.4 Å². The number of anilines is 2. The fourth-order valence-electron chi connectivity index (χ4n) is 5.26. The van der Waals surface area contributed by atoms with Gasteiger partial charge in [0.2, 0.25) is 5.91 Å². The Balaban J connectivity index is 1.45. The minimum Gasteiger partial charge on any atom is -0.453 e. The number of halogens is 2. The van der Waals surface area contributed by atoms with Crippen LogP contribution in [0.3, 0.4) is 0 Å². The molecule has 10 nitrogen and oxygen atoms in total. The van der Waals surface area contributed by atoms with Crippen LogP contribution in [-0.4, -0.2) is 46.6 Å². The molecule has 1 aromatic heterocycles. The number of imidazole rings is 1. The standard InChI is InChI=1S/C29H31F2N5O5/c1-15-7-10-19(30)24(25(15)31)23-11-12-36(29(39)41-23)22-6-4-5-16(2)27(37)35-20-13-17(33-28(38)40-3)8-9-18(20)21-14-32-26(22)34-21/h7-10,13-14,16,22-23H,4-6,11-12H2,1-3H3,(H,32,34)(H,33,38)(H,35,37)/t16-,22+,23?/m1/s1. The number of cyclic esters (lactones) is 1. The van der Waals surface area contributed by atoms with Crippen molar-refractivity contribution in [2.24, 2.45) is 5.92 Å². The molecule has 12 heteroatoms. The van der Waals surface area contributed by atoms with Crippen LogP contribution in [0.2, 0.25) is 0 Å². The predicted octanol–water partition coefficient (Wildman–Crippen LogP) is 6.22. The second-order valence-electron chi connectivity index (χ2n) is 10.3. The van der Waals surface area contributed by atoms with E-state index in [1.807, 2.05) is 6.92 Å². The molecule has 3 amide bonds. The van der Waals surface area contributed by atoms with Crippen LogP contribution in [-0.2, 0) is 14.3 Å². The van der Waals surface area contributed by atoms with Crippen molar-refractivity contribution in [1.29, 1.82) is 0 Å². The van der Waals surface area contributed by atoms with Crippen LogP contribution in [0.15, 0.2) is 36.5 Å². The van der Waals surface area contributed by atoms with Crippen molar-refractivity contribution in [2.75, 3.05) is 24.3 Å². The van der Waals surface area contributed by atoms with Gasteiger partial charge >= 0.3 is 12.2 Å². The maximum absolute atomic E-state index is 14.8. The van der Waals surface area contributed by atoms with Crippen LogP contribution >= 0.6 is 0 Å². The summed E-state index contributed by atoms with van der Waals surface area (Å²) in [5.74, 6) is -1.49. The first kappa shape index (κ1) is 28.1. The number of fused-ring (bicyclic) bond motifs is 4. The second kappa shape index (κ2) is 11.6. The lowest BCUT2D eigenvalue weighted by molar-refractivity contribution is -0.119. The fraction of sp³-hybridized carbons (Fsp3) is 0.379. The normalized spacial score (nSPS) is 21.1. The Kier molecular flexibility index (Phi) is 7.91. The monoisotopic (exact) mass is 567 g/mol. The lowest BCUT2D eigenvalue weighted by atomic mass is 9.97. The van der Waals surface area contributed by atoms with Gasteiger partial charge in [-0.2, -0.15) is 0 Å². The zero-order chi connectivity index (χ0) is 29.3. The van der Waals surface area contributed by atoms with Gasteiger partial charge in [0.05, 0.1) is 30.1 Å². The molecule has 3 heterocycles. The van der Waals surface area contributed by atoms with Crippen molar-refractivity contribution < 1.29 is 32.6 Å². The highest BCUT2D eigenvalue weighted by atomic mass is 19.1. The average Bonchev–Trinajstić information content (AvgIpc) is 3.43. The number of methoxy groups -OCH3 is 1. The molecule has 3 atom stereocenters. The summed E-state index contributed by atoms with van der Waals surface area (Å²) >= 11 is 0. The summed E-state index contributed by atoms with van der Waals surface area (Å²) in [4.78, 5) is 47.4. The van der Waals surface area contributed by atoms with E-state index in [0.29, 0.717) is 47.7 Å². The first-order valence-corrected chi connectivity index (χ1v) is 13.4. The number of aromatic nitrogens is 2. The number of aromatic amines is 1. The van der Waals surface area contributed by atoms with E-state index in [1.54, 1.807) is 24.4 Å². The lowest BCUT2D eigenvalue weighted by Gasteiger charge is -2.36. The third-order valence-corrected chi connectivity index (χ3v) is 7.59. The molecule has 1 saturated heterocycles. The third-order valence-electron chi connectivity index (χ3n) is 7.59. The highest BCUT2D eigenvalue weighted by Crippen LogP contribution is 2.38. The van der Waals surface area contributed by atoms with Crippen LogP contribution in [0.4, 0.5) is 29.7 Å². The number of hydrogen-bond donors (Lipinski definition) is 3. The Labute approximate surface area is 235 Å². The van der Waals surface area contributed by atoms with Crippen molar-refractivity contribution in [1.82, 2.24) is 14.9 Å². The van der Waals surface area contributed by atoms with Gasteiger partial charge in [-0.3, -0.25) is 15.0 Å². The molecule has 1 unspecified atom stereocenters. The average molecular weight is 568 g/mol. The molecule has 2 bridgehead atoms. The summed E-state index contributed by atoms with van der Waals surface area (Å²) in [5.41, 5.74) is 2.04. The van der Waals surface area contributed by atoms with Gasteiger partial charge in [-0.05, 0) is 49.6 Å². The van der Waals surface area contributed by atoms with E-state index in [-0.39, 0.29) is 35.9 Å². The van der Waals surface area contributed by atoms with Gasteiger partial charge in [-0.15, -0.1) is 0 Å². The first-order valence-electron chi connectivity index (χ1n) is 13.4. The largest absolute Gasteiger partial charge is 0.453 e. The molecule has 1 fully saturated rings. The number of hydrogen-bond acceptors (Lipinski definition) is 6. The summed E-state index contributed by atoms with van der Waals surface area (Å²) < 4.78 is 39.5. The third kappa shape index (κ3) is 5.72. The zero-order valence-corrected chi connectivity index (χ0v) is 22.9. The van der Waals surface area contributed by atoms with Gasteiger partial charge in [-0.1, -0.05) is 19.4 Å². The summed E-state index contributed by atoms with van der Waals surface area (Å²) in [6, 6.07) is 7.02. The van der Waals surface area contributed by atoms with Crippen molar-refractivity contribution in [2.45, 2.75) is 51.7 Å². The van der Waals surface area contributed by atoms with Crippen molar-refractivity contribution in [3.8, 4) is 11.3 Å². The van der Waals surface area contributed by atoms with E-state index in [0.717, 1.165) is 0 Å². The molecular weight excluding hydrogens is 536 g/mol. The van der Waals surface area contributed by atoms with E-state index in [9.17, 15) is 23.2 Å². The predicted molar refractivity (Wildman–Crippen MR) is 146 cm³/mol. The molecule has 3 aromatic rings. The Hall–Kier alpha value is -4.48. The van der Waals surface area contributed by atoms with Crippen molar-refractivity contribution in [3.05, 3.63) is 65.1 Å². The molecule has 0 spiro atoms. The number of benzene rings is 2. The Morgan fingerprint density at radius 2 is 1.98 bits per heavy atom. The fourth-order valence-corrected chi connectivity index (χ4v) is 5.26. The van der Waals surface area contributed by atoms with E-state index < -0.39 is 36.0 Å². The van der Waals surface area contributed by atoms with Crippen LogP contribution in [0.1, 0.15) is 61.7 Å². The molecule has 3 N–H and O–H groups in total. The Morgan fingerprint density at radius 1 is 1.17 bits per heavy atom. The summed E-state index contributed by atoms with van der Waals surface area (Å²) in [5, 5.41) is 5.53. The molecule has 2 aromatic carbocycles.